The lowest BCUT2D eigenvalue weighted by Crippen LogP contribution is -2.46. The van der Waals surface area contributed by atoms with Crippen LogP contribution in [0.4, 0.5) is 0 Å². The van der Waals surface area contributed by atoms with Crippen molar-refractivity contribution in [3.8, 4) is 0 Å². The quantitative estimate of drug-likeness (QED) is 0.728. The van der Waals surface area contributed by atoms with E-state index in [4.69, 9.17) is 0 Å². The number of aliphatic hydroxyl groups is 1. The minimum Gasteiger partial charge on any atom is -0.389 e. The third kappa shape index (κ3) is 3.18. The fraction of sp³-hybridized carbons (Fsp3) is 1.00. The van der Waals surface area contributed by atoms with E-state index in [1.54, 1.807) is 0 Å². The van der Waals surface area contributed by atoms with Crippen LogP contribution in [0.5, 0.6) is 0 Å². The third-order valence-electron chi connectivity index (χ3n) is 4.02. The highest BCUT2D eigenvalue weighted by Crippen LogP contribution is 2.36. The number of hydrogen-bond donors (Lipinski definition) is 1. The van der Waals surface area contributed by atoms with E-state index in [0.717, 1.165) is 18.5 Å². The number of nitrogens with zero attached hydrogens (tertiary/aromatic N) is 1. The lowest BCUT2D eigenvalue weighted by molar-refractivity contribution is -0.0219. The van der Waals surface area contributed by atoms with Gasteiger partial charge in [-0.1, -0.05) is 13.8 Å². The van der Waals surface area contributed by atoms with Crippen LogP contribution < -0.4 is 0 Å². The molecule has 1 N–H and O–H groups in total. The highest BCUT2D eigenvalue weighted by Gasteiger charge is 2.38. The monoisotopic (exact) mass is 211 g/mol. The maximum absolute atomic E-state index is 10.3. The van der Waals surface area contributed by atoms with E-state index in [-0.39, 0.29) is 0 Å². The highest BCUT2D eigenvalue weighted by molar-refractivity contribution is 4.92. The zero-order chi connectivity index (χ0) is 11.1. The molecule has 1 unspecified atom stereocenters. The molecule has 0 aliphatic heterocycles. The first-order chi connectivity index (χ1) is 6.99. The minimum absolute atomic E-state index is 0.345. The molecule has 0 radical (unpaired) electrons. The van der Waals surface area contributed by atoms with Crippen LogP contribution >= 0.6 is 0 Å². The lowest BCUT2D eigenvalue weighted by Gasteiger charge is -2.34. The van der Waals surface area contributed by atoms with E-state index >= 15 is 0 Å². The average molecular weight is 211 g/mol. The largest absolute Gasteiger partial charge is 0.389 e. The summed E-state index contributed by atoms with van der Waals surface area (Å²) in [6, 6.07) is 0.788. The Balaban J connectivity index is 1.86. The Bertz CT molecular complexity index is 217. The number of hydrogen-bond acceptors (Lipinski definition) is 2. The van der Waals surface area contributed by atoms with Gasteiger partial charge in [-0.25, -0.2) is 0 Å². The molecular formula is C13H25NO. The minimum atomic E-state index is -0.516. The summed E-state index contributed by atoms with van der Waals surface area (Å²) in [4.78, 5) is 2.54. The molecule has 2 heteroatoms. The Hall–Kier alpha value is -0.0800. The first-order valence-electron chi connectivity index (χ1n) is 6.45. The Morgan fingerprint density at radius 3 is 2.27 bits per heavy atom. The Morgan fingerprint density at radius 1 is 1.27 bits per heavy atom. The van der Waals surface area contributed by atoms with Crippen LogP contribution in [0, 0.1) is 11.8 Å². The molecule has 2 fully saturated rings. The maximum atomic E-state index is 10.3. The van der Waals surface area contributed by atoms with E-state index in [2.05, 4.69) is 18.7 Å². The molecule has 0 aromatic rings. The van der Waals surface area contributed by atoms with Crippen LogP contribution in [-0.4, -0.2) is 34.7 Å². The van der Waals surface area contributed by atoms with Gasteiger partial charge in [0, 0.05) is 19.1 Å². The second kappa shape index (κ2) is 4.06. The van der Waals surface area contributed by atoms with Crippen molar-refractivity contribution in [3.05, 3.63) is 0 Å². The van der Waals surface area contributed by atoms with Crippen molar-refractivity contribution >= 4 is 0 Å². The second-order valence-corrected chi connectivity index (χ2v) is 6.12. The fourth-order valence-electron chi connectivity index (χ4n) is 2.01. The van der Waals surface area contributed by atoms with Crippen LogP contribution in [0.15, 0.2) is 0 Å². The van der Waals surface area contributed by atoms with Gasteiger partial charge in [-0.05, 0) is 44.4 Å². The summed E-state index contributed by atoms with van der Waals surface area (Å²) < 4.78 is 0. The third-order valence-corrected chi connectivity index (χ3v) is 4.02. The molecule has 0 heterocycles. The lowest BCUT2D eigenvalue weighted by atomic mass is 9.92. The molecule has 15 heavy (non-hydrogen) atoms. The predicted molar refractivity (Wildman–Crippen MR) is 62.8 cm³/mol. The van der Waals surface area contributed by atoms with Crippen molar-refractivity contribution < 1.29 is 5.11 Å². The molecule has 0 saturated heterocycles. The molecule has 0 aromatic heterocycles. The van der Waals surface area contributed by atoms with Gasteiger partial charge in [-0.2, -0.15) is 0 Å². The van der Waals surface area contributed by atoms with E-state index in [1.165, 1.54) is 32.2 Å². The molecule has 2 rings (SSSR count). The van der Waals surface area contributed by atoms with Gasteiger partial charge >= 0.3 is 0 Å². The van der Waals surface area contributed by atoms with Crippen LogP contribution in [-0.2, 0) is 0 Å². The number of rotatable bonds is 6. The van der Waals surface area contributed by atoms with Crippen molar-refractivity contribution in [1.29, 1.82) is 0 Å². The summed E-state index contributed by atoms with van der Waals surface area (Å²) in [7, 11) is 0. The average Bonchev–Trinajstić information content (AvgIpc) is 2.98. The Kier molecular flexibility index (Phi) is 3.09. The van der Waals surface area contributed by atoms with E-state index < -0.39 is 5.60 Å². The van der Waals surface area contributed by atoms with E-state index in [9.17, 15) is 5.11 Å². The molecule has 1 atom stereocenters. The van der Waals surface area contributed by atoms with E-state index in [1.807, 2.05) is 6.92 Å². The molecule has 2 aliphatic rings. The predicted octanol–water partition coefficient (Wildman–Crippen LogP) is 2.27. The van der Waals surface area contributed by atoms with Crippen LogP contribution in [0.1, 0.15) is 46.5 Å². The first kappa shape index (κ1) is 11.4. The Labute approximate surface area is 93.7 Å². The standard InChI is InChI=1S/C13H25NO/c1-10(2)13(3,15)9-14(12-6-7-12)8-11-4-5-11/h10-12,15H,4-9H2,1-3H3. The zero-order valence-corrected chi connectivity index (χ0v) is 10.4. The molecule has 0 spiro atoms. The van der Waals surface area contributed by atoms with Gasteiger partial charge in [0.15, 0.2) is 0 Å². The summed E-state index contributed by atoms with van der Waals surface area (Å²) in [5.74, 6) is 1.28. The van der Waals surface area contributed by atoms with Crippen LogP contribution in [0.2, 0.25) is 0 Å². The summed E-state index contributed by atoms with van der Waals surface area (Å²) in [5, 5.41) is 10.3. The summed E-state index contributed by atoms with van der Waals surface area (Å²) in [6.45, 7) is 8.31. The molecule has 2 saturated carbocycles. The molecule has 2 nitrogen and oxygen atoms in total. The van der Waals surface area contributed by atoms with Gasteiger partial charge in [0.05, 0.1) is 5.60 Å². The summed E-state index contributed by atoms with van der Waals surface area (Å²) in [6.07, 6.45) is 5.52. The van der Waals surface area contributed by atoms with Crippen molar-refractivity contribution in [1.82, 2.24) is 4.90 Å². The highest BCUT2D eigenvalue weighted by atomic mass is 16.3. The van der Waals surface area contributed by atoms with Crippen molar-refractivity contribution in [3.63, 3.8) is 0 Å². The molecule has 0 aromatic carbocycles. The van der Waals surface area contributed by atoms with Gasteiger partial charge in [-0.3, -0.25) is 4.90 Å². The van der Waals surface area contributed by atoms with Gasteiger partial charge in [0.25, 0.3) is 0 Å². The van der Waals surface area contributed by atoms with Gasteiger partial charge in [0.1, 0.15) is 0 Å². The molecule has 0 amide bonds. The maximum Gasteiger partial charge on any atom is 0.0768 e. The Morgan fingerprint density at radius 2 is 1.87 bits per heavy atom. The normalized spacial score (nSPS) is 26.0. The van der Waals surface area contributed by atoms with Crippen molar-refractivity contribution in [2.75, 3.05) is 13.1 Å². The molecule has 0 bridgehead atoms. The molecule has 2 aliphatic carbocycles. The summed E-state index contributed by atoms with van der Waals surface area (Å²) >= 11 is 0. The van der Waals surface area contributed by atoms with Gasteiger partial charge < -0.3 is 5.11 Å². The summed E-state index contributed by atoms with van der Waals surface area (Å²) in [5.41, 5.74) is -0.516. The zero-order valence-electron chi connectivity index (χ0n) is 10.4. The first-order valence-corrected chi connectivity index (χ1v) is 6.45. The SMILES string of the molecule is CC(C)C(C)(O)CN(CC1CC1)C1CC1. The molecule has 88 valence electrons. The molecular weight excluding hydrogens is 186 g/mol. The smallest absolute Gasteiger partial charge is 0.0768 e. The van der Waals surface area contributed by atoms with E-state index in [0.29, 0.717) is 5.92 Å². The van der Waals surface area contributed by atoms with Crippen LogP contribution in [0.25, 0.3) is 0 Å². The fourth-order valence-corrected chi connectivity index (χ4v) is 2.01. The van der Waals surface area contributed by atoms with Gasteiger partial charge in [0.2, 0.25) is 0 Å². The van der Waals surface area contributed by atoms with Gasteiger partial charge in [-0.15, -0.1) is 0 Å². The van der Waals surface area contributed by atoms with Crippen molar-refractivity contribution in [2.24, 2.45) is 11.8 Å². The van der Waals surface area contributed by atoms with Crippen molar-refractivity contribution in [2.45, 2.75) is 58.1 Å². The van der Waals surface area contributed by atoms with Crippen LogP contribution in [0.3, 0.4) is 0 Å². The topological polar surface area (TPSA) is 23.5 Å². The second-order valence-electron chi connectivity index (χ2n) is 6.12.